The first kappa shape index (κ1) is 31.4. The van der Waals surface area contributed by atoms with Crippen LogP contribution in [0.3, 0.4) is 0 Å². The van der Waals surface area contributed by atoms with Gasteiger partial charge >= 0.3 is 6.18 Å². The second kappa shape index (κ2) is 14.5. The smallest absolute Gasteiger partial charge is 0.322 e. The van der Waals surface area contributed by atoms with Crippen LogP contribution in [0.2, 0.25) is 0 Å². The summed E-state index contributed by atoms with van der Waals surface area (Å²) in [6.07, 6.45) is 7.08. The molecule has 0 spiro atoms. The number of rotatable bonds is 10. The molecule has 1 aliphatic heterocycles. The molecule has 216 valence electrons. The van der Waals surface area contributed by atoms with Gasteiger partial charge in [0, 0.05) is 29.7 Å². The van der Waals surface area contributed by atoms with Crippen molar-refractivity contribution in [2.24, 2.45) is 0 Å². The third kappa shape index (κ3) is 8.70. The SMILES string of the molecule is C=C1C=CC=CN1/C(C#Cc1cc(C(=O)Nc2ccc(CN(CCC)CCCC)c(C(F)(F)F)c2)ccc1F)=C\C. The van der Waals surface area contributed by atoms with Crippen LogP contribution < -0.4 is 5.32 Å². The van der Waals surface area contributed by atoms with Crippen LogP contribution in [0.1, 0.15) is 67.1 Å². The minimum absolute atomic E-state index is 0.00158. The number of alkyl halides is 3. The molecule has 41 heavy (non-hydrogen) atoms. The summed E-state index contributed by atoms with van der Waals surface area (Å²) in [6, 6.07) is 7.48. The van der Waals surface area contributed by atoms with Crippen molar-refractivity contribution in [3.05, 3.63) is 113 Å². The highest BCUT2D eigenvalue weighted by atomic mass is 19.4. The normalized spacial score (nSPS) is 13.4. The molecule has 4 nitrogen and oxygen atoms in total. The van der Waals surface area contributed by atoms with E-state index in [-0.39, 0.29) is 28.9 Å². The van der Waals surface area contributed by atoms with E-state index < -0.39 is 23.5 Å². The molecule has 8 heteroatoms. The maximum absolute atomic E-state index is 14.6. The number of hydrogen-bond donors (Lipinski definition) is 1. The van der Waals surface area contributed by atoms with E-state index in [0.717, 1.165) is 31.4 Å². The Kier molecular flexibility index (Phi) is 11.1. The molecule has 1 N–H and O–H groups in total. The maximum atomic E-state index is 14.6. The Morgan fingerprint density at radius 3 is 2.54 bits per heavy atom. The zero-order valence-corrected chi connectivity index (χ0v) is 23.6. The fourth-order valence-corrected chi connectivity index (χ4v) is 4.35. The molecule has 0 saturated carbocycles. The van der Waals surface area contributed by atoms with E-state index in [1.165, 1.54) is 24.3 Å². The highest BCUT2D eigenvalue weighted by Gasteiger charge is 2.34. The quantitative estimate of drug-likeness (QED) is 0.233. The molecule has 0 unspecified atom stereocenters. The lowest BCUT2D eigenvalue weighted by Gasteiger charge is -2.24. The zero-order valence-electron chi connectivity index (χ0n) is 23.6. The van der Waals surface area contributed by atoms with E-state index in [9.17, 15) is 22.4 Å². The van der Waals surface area contributed by atoms with Crippen molar-refractivity contribution in [3.63, 3.8) is 0 Å². The van der Waals surface area contributed by atoms with Crippen molar-refractivity contribution in [2.45, 2.75) is 52.8 Å². The minimum Gasteiger partial charge on any atom is -0.322 e. The minimum atomic E-state index is -4.59. The largest absolute Gasteiger partial charge is 0.416 e. The molecule has 0 saturated heterocycles. The number of benzene rings is 2. The molecule has 1 amide bonds. The molecule has 3 rings (SSSR count). The van der Waals surface area contributed by atoms with Gasteiger partial charge in [0.05, 0.1) is 16.8 Å². The summed E-state index contributed by atoms with van der Waals surface area (Å²) < 4.78 is 56.6. The van der Waals surface area contributed by atoms with Gasteiger partial charge in [0.1, 0.15) is 5.82 Å². The first-order valence-corrected chi connectivity index (χ1v) is 13.6. The first-order chi connectivity index (χ1) is 19.6. The number of carbonyl (C=O) groups excluding carboxylic acids is 1. The van der Waals surface area contributed by atoms with Crippen LogP contribution >= 0.6 is 0 Å². The lowest BCUT2D eigenvalue weighted by Crippen LogP contribution is -2.27. The molecule has 1 heterocycles. The molecule has 2 aromatic carbocycles. The number of hydrogen-bond acceptors (Lipinski definition) is 3. The lowest BCUT2D eigenvalue weighted by molar-refractivity contribution is -0.138. The first-order valence-electron chi connectivity index (χ1n) is 13.6. The monoisotopic (exact) mass is 565 g/mol. The van der Waals surface area contributed by atoms with Crippen LogP contribution in [0.15, 0.2) is 84.9 Å². The van der Waals surface area contributed by atoms with Crippen molar-refractivity contribution in [3.8, 4) is 11.8 Å². The van der Waals surface area contributed by atoms with Crippen molar-refractivity contribution in [1.82, 2.24) is 9.80 Å². The third-order valence-corrected chi connectivity index (χ3v) is 6.47. The topological polar surface area (TPSA) is 35.6 Å². The lowest BCUT2D eigenvalue weighted by atomic mass is 10.0. The Bertz CT molecular complexity index is 1410. The van der Waals surface area contributed by atoms with Gasteiger partial charge in [-0.05, 0) is 86.8 Å². The molecule has 2 aromatic rings. The van der Waals surface area contributed by atoms with Gasteiger partial charge in [-0.3, -0.25) is 9.69 Å². The molecule has 1 aliphatic rings. The number of nitrogens with one attached hydrogen (secondary N) is 1. The second-order valence-corrected chi connectivity index (χ2v) is 9.63. The highest BCUT2D eigenvalue weighted by molar-refractivity contribution is 6.04. The number of nitrogens with zero attached hydrogens (tertiary/aromatic N) is 2. The van der Waals surface area contributed by atoms with Gasteiger partial charge < -0.3 is 10.2 Å². The maximum Gasteiger partial charge on any atom is 0.416 e. The molecule has 0 bridgehead atoms. The molecular formula is C33H35F4N3O. The van der Waals surface area contributed by atoms with E-state index >= 15 is 0 Å². The molecule has 0 atom stereocenters. The Balaban J connectivity index is 1.83. The number of anilines is 1. The van der Waals surface area contributed by atoms with E-state index in [1.54, 1.807) is 30.2 Å². The van der Waals surface area contributed by atoms with Gasteiger partial charge in [0.25, 0.3) is 5.91 Å². The fourth-order valence-electron chi connectivity index (χ4n) is 4.35. The van der Waals surface area contributed by atoms with E-state index in [1.807, 2.05) is 30.9 Å². The van der Waals surface area contributed by atoms with Crippen LogP contribution in [0, 0.1) is 17.7 Å². The summed E-state index contributed by atoms with van der Waals surface area (Å²) >= 11 is 0. The Labute approximate surface area is 239 Å². The van der Waals surface area contributed by atoms with Gasteiger partial charge in [-0.2, -0.15) is 13.2 Å². The predicted octanol–water partition coefficient (Wildman–Crippen LogP) is 8.26. The number of halogens is 4. The van der Waals surface area contributed by atoms with Gasteiger partial charge in [-0.1, -0.05) is 51.0 Å². The van der Waals surface area contributed by atoms with E-state index in [0.29, 0.717) is 24.5 Å². The Morgan fingerprint density at radius 2 is 1.88 bits per heavy atom. The van der Waals surface area contributed by atoms with Crippen LogP contribution in [-0.2, 0) is 12.7 Å². The third-order valence-electron chi connectivity index (χ3n) is 6.47. The van der Waals surface area contributed by atoms with E-state index in [4.69, 9.17) is 0 Å². The highest BCUT2D eigenvalue weighted by Crippen LogP contribution is 2.34. The Morgan fingerprint density at radius 1 is 1.10 bits per heavy atom. The van der Waals surface area contributed by atoms with E-state index in [2.05, 4.69) is 23.7 Å². The summed E-state index contributed by atoms with van der Waals surface area (Å²) in [6.45, 7) is 11.4. The van der Waals surface area contributed by atoms with Crippen molar-refractivity contribution in [1.29, 1.82) is 0 Å². The average molecular weight is 566 g/mol. The number of carbonyl (C=O) groups is 1. The Hall–Kier alpha value is -4.09. The summed E-state index contributed by atoms with van der Waals surface area (Å²) in [5.41, 5.74) is 0.659. The molecule has 0 radical (unpaired) electrons. The standard InChI is InChI=1S/C33H35F4N3O/c1-5-8-19-39(18-6-2)23-27-12-15-28(22-30(27)33(35,36)37)38-32(41)26-14-17-31(34)25(21-26)13-16-29(7-3)40-20-10-9-11-24(40)4/h7,9-12,14-15,17,20-22H,4-6,8,18-19,23H2,1-3H3,(H,38,41)/b29-7-. The van der Waals surface area contributed by atoms with Crippen molar-refractivity contribution >= 4 is 11.6 Å². The molecule has 0 aliphatic carbocycles. The summed E-state index contributed by atoms with van der Waals surface area (Å²) in [7, 11) is 0. The predicted molar refractivity (Wildman–Crippen MR) is 156 cm³/mol. The van der Waals surface area contributed by atoms with Crippen LogP contribution in [0.5, 0.6) is 0 Å². The van der Waals surface area contributed by atoms with Gasteiger partial charge in [-0.25, -0.2) is 4.39 Å². The summed E-state index contributed by atoms with van der Waals surface area (Å²) in [5.74, 6) is 4.36. The van der Waals surface area contributed by atoms with Crippen LogP contribution in [0.4, 0.5) is 23.2 Å². The molecule has 0 aromatic heterocycles. The zero-order chi connectivity index (χ0) is 30.0. The molecular weight excluding hydrogens is 530 g/mol. The van der Waals surface area contributed by atoms with Gasteiger partial charge in [-0.15, -0.1) is 0 Å². The van der Waals surface area contributed by atoms with Crippen LogP contribution in [-0.4, -0.2) is 28.8 Å². The summed E-state index contributed by atoms with van der Waals surface area (Å²) in [5, 5.41) is 2.52. The number of unbranched alkanes of at least 4 members (excludes halogenated alkanes) is 1. The molecule has 0 fully saturated rings. The van der Waals surface area contributed by atoms with Crippen molar-refractivity contribution < 1.29 is 22.4 Å². The fraction of sp³-hybridized carbons (Fsp3) is 0.303. The van der Waals surface area contributed by atoms with Crippen LogP contribution in [0.25, 0.3) is 0 Å². The van der Waals surface area contributed by atoms with Gasteiger partial charge in [0.15, 0.2) is 0 Å². The number of allylic oxidation sites excluding steroid dienone is 5. The summed E-state index contributed by atoms with van der Waals surface area (Å²) in [4.78, 5) is 16.7. The van der Waals surface area contributed by atoms with Crippen molar-refractivity contribution in [2.75, 3.05) is 18.4 Å². The number of amides is 1. The average Bonchev–Trinajstić information content (AvgIpc) is 2.94. The second-order valence-electron chi connectivity index (χ2n) is 9.63. The van der Waals surface area contributed by atoms with Gasteiger partial charge in [0.2, 0.25) is 0 Å².